The Kier molecular flexibility index (Phi) is 6.87. The number of amides is 2. The van der Waals surface area contributed by atoms with Gasteiger partial charge in [-0.15, -0.1) is 0 Å². The summed E-state index contributed by atoms with van der Waals surface area (Å²) in [4.78, 5) is 26.8. The fraction of sp³-hybridized carbons (Fsp3) is 0.333. The number of benzene rings is 2. The molecule has 5 nitrogen and oxygen atoms in total. The highest BCUT2D eigenvalue weighted by atomic mass is 79.9. The summed E-state index contributed by atoms with van der Waals surface area (Å²) >= 11 is 3.40. The molecule has 1 atom stereocenters. The molecule has 3 rings (SSSR count). The van der Waals surface area contributed by atoms with E-state index in [4.69, 9.17) is 4.74 Å². The number of carbonyl (C=O) groups is 2. The first kappa shape index (κ1) is 19.4. The van der Waals surface area contributed by atoms with E-state index in [0.29, 0.717) is 32.5 Å². The summed E-state index contributed by atoms with van der Waals surface area (Å²) < 4.78 is 6.57. The van der Waals surface area contributed by atoms with E-state index in [1.165, 1.54) is 0 Å². The Morgan fingerprint density at radius 1 is 1.15 bits per heavy atom. The van der Waals surface area contributed by atoms with Crippen LogP contribution in [0.2, 0.25) is 0 Å². The van der Waals surface area contributed by atoms with Gasteiger partial charge in [0.05, 0.1) is 13.0 Å². The third-order valence-corrected chi connectivity index (χ3v) is 5.03. The minimum absolute atomic E-state index is 0.00392. The molecule has 1 fully saturated rings. The van der Waals surface area contributed by atoms with Gasteiger partial charge in [-0.3, -0.25) is 9.59 Å². The van der Waals surface area contributed by atoms with Gasteiger partial charge in [0.15, 0.2) is 0 Å². The van der Waals surface area contributed by atoms with Crippen LogP contribution in [0.4, 0.5) is 0 Å². The molecule has 1 aliphatic heterocycles. The average Bonchev–Trinajstić information content (AvgIpc) is 3.16. The first-order valence-electron chi connectivity index (χ1n) is 9.13. The first-order valence-corrected chi connectivity index (χ1v) is 9.92. The molecule has 142 valence electrons. The van der Waals surface area contributed by atoms with Crippen molar-refractivity contribution in [3.63, 3.8) is 0 Å². The Morgan fingerprint density at radius 3 is 2.74 bits per heavy atom. The lowest BCUT2D eigenvalue weighted by molar-refractivity contribution is -0.138. The topological polar surface area (TPSA) is 58.6 Å². The van der Waals surface area contributed by atoms with Crippen molar-refractivity contribution in [2.45, 2.75) is 25.3 Å². The Balaban J connectivity index is 1.46. The molecule has 0 radical (unpaired) electrons. The highest BCUT2D eigenvalue weighted by molar-refractivity contribution is 9.10. The van der Waals surface area contributed by atoms with Crippen LogP contribution in [0.3, 0.4) is 0 Å². The molecule has 2 aromatic carbocycles. The molecule has 6 heteroatoms. The Labute approximate surface area is 167 Å². The molecular weight excluding hydrogens is 408 g/mol. The minimum atomic E-state index is -0.382. The number of rotatable bonds is 7. The maximum absolute atomic E-state index is 12.6. The summed E-state index contributed by atoms with van der Waals surface area (Å²) in [5.74, 6) is 0.648. The molecule has 2 aromatic rings. The number of likely N-dealkylation sites (tertiary alicyclic amines) is 1. The van der Waals surface area contributed by atoms with Gasteiger partial charge in [-0.25, -0.2) is 0 Å². The number of nitrogens with one attached hydrogen (secondary N) is 1. The quantitative estimate of drug-likeness (QED) is 0.686. The zero-order chi connectivity index (χ0) is 19.1. The van der Waals surface area contributed by atoms with Gasteiger partial charge in [0.1, 0.15) is 18.4 Å². The van der Waals surface area contributed by atoms with Crippen molar-refractivity contribution in [1.82, 2.24) is 10.2 Å². The van der Waals surface area contributed by atoms with E-state index in [2.05, 4.69) is 21.2 Å². The van der Waals surface area contributed by atoms with Gasteiger partial charge in [0.2, 0.25) is 11.8 Å². The molecule has 1 unspecified atom stereocenters. The maximum Gasteiger partial charge on any atom is 0.242 e. The molecule has 0 aliphatic carbocycles. The van der Waals surface area contributed by atoms with Gasteiger partial charge in [-0.05, 0) is 36.6 Å². The van der Waals surface area contributed by atoms with E-state index in [-0.39, 0.29) is 17.9 Å². The van der Waals surface area contributed by atoms with Gasteiger partial charge in [-0.1, -0.05) is 52.3 Å². The Hall–Kier alpha value is -2.34. The molecule has 1 heterocycles. The van der Waals surface area contributed by atoms with Crippen molar-refractivity contribution in [2.75, 3.05) is 19.7 Å². The lowest BCUT2D eigenvalue weighted by Crippen LogP contribution is -2.47. The van der Waals surface area contributed by atoms with Crippen LogP contribution in [0.25, 0.3) is 0 Å². The predicted molar refractivity (Wildman–Crippen MR) is 108 cm³/mol. The van der Waals surface area contributed by atoms with E-state index in [0.717, 1.165) is 22.2 Å². The smallest absolute Gasteiger partial charge is 0.242 e. The zero-order valence-electron chi connectivity index (χ0n) is 15.1. The average molecular weight is 431 g/mol. The van der Waals surface area contributed by atoms with Crippen LogP contribution < -0.4 is 10.1 Å². The van der Waals surface area contributed by atoms with Crippen molar-refractivity contribution in [3.8, 4) is 5.75 Å². The third kappa shape index (κ3) is 5.57. The maximum atomic E-state index is 12.6. The summed E-state index contributed by atoms with van der Waals surface area (Å²) in [6.07, 6.45) is 1.89. The summed E-state index contributed by atoms with van der Waals surface area (Å²) in [5.41, 5.74) is 0.969. The number of hydrogen-bond donors (Lipinski definition) is 1. The van der Waals surface area contributed by atoms with E-state index >= 15 is 0 Å². The summed E-state index contributed by atoms with van der Waals surface area (Å²) in [6, 6.07) is 16.8. The standard InChI is InChI=1S/C21H23BrN2O3/c22-17-8-4-9-18(15-17)27-13-11-23-21(26)19-10-5-12-24(19)20(25)14-16-6-2-1-3-7-16/h1-4,6-9,15,19H,5,10-14H2,(H,23,26). The molecular formula is C21H23BrN2O3. The number of halogens is 1. The van der Waals surface area contributed by atoms with Crippen LogP contribution in [0.1, 0.15) is 18.4 Å². The first-order chi connectivity index (χ1) is 13.1. The van der Waals surface area contributed by atoms with E-state index in [1.54, 1.807) is 4.90 Å². The van der Waals surface area contributed by atoms with Gasteiger partial charge in [0.25, 0.3) is 0 Å². The van der Waals surface area contributed by atoms with Crippen molar-refractivity contribution in [2.24, 2.45) is 0 Å². The van der Waals surface area contributed by atoms with E-state index < -0.39 is 0 Å². The Bertz CT molecular complexity index is 782. The normalized spacial score (nSPS) is 16.2. The summed E-state index contributed by atoms with van der Waals surface area (Å²) in [7, 11) is 0. The highest BCUT2D eigenvalue weighted by Crippen LogP contribution is 2.19. The molecule has 0 aromatic heterocycles. The molecule has 2 amide bonds. The lowest BCUT2D eigenvalue weighted by Gasteiger charge is -2.24. The third-order valence-electron chi connectivity index (χ3n) is 4.54. The van der Waals surface area contributed by atoms with Gasteiger partial charge in [-0.2, -0.15) is 0 Å². The molecule has 27 heavy (non-hydrogen) atoms. The largest absolute Gasteiger partial charge is 0.492 e. The second kappa shape index (κ2) is 9.55. The van der Waals surface area contributed by atoms with Crippen LogP contribution in [0, 0.1) is 0 Å². The molecule has 1 saturated heterocycles. The van der Waals surface area contributed by atoms with Gasteiger partial charge in [0, 0.05) is 11.0 Å². The highest BCUT2D eigenvalue weighted by Gasteiger charge is 2.33. The van der Waals surface area contributed by atoms with Crippen LogP contribution in [-0.2, 0) is 16.0 Å². The second-order valence-corrected chi connectivity index (χ2v) is 7.42. The Morgan fingerprint density at radius 2 is 1.96 bits per heavy atom. The molecule has 1 N–H and O–H groups in total. The predicted octanol–water partition coefficient (Wildman–Crippen LogP) is 3.18. The van der Waals surface area contributed by atoms with Crippen LogP contribution in [0.15, 0.2) is 59.1 Å². The monoisotopic (exact) mass is 430 g/mol. The zero-order valence-corrected chi connectivity index (χ0v) is 16.7. The number of hydrogen-bond acceptors (Lipinski definition) is 3. The van der Waals surface area contributed by atoms with Crippen molar-refractivity contribution >= 4 is 27.7 Å². The molecule has 1 aliphatic rings. The molecule has 0 saturated carbocycles. The van der Waals surface area contributed by atoms with Crippen LogP contribution >= 0.6 is 15.9 Å². The fourth-order valence-electron chi connectivity index (χ4n) is 3.23. The van der Waals surface area contributed by atoms with Crippen molar-refractivity contribution < 1.29 is 14.3 Å². The van der Waals surface area contributed by atoms with Crippen molar-refractivity contribution in [1.29, 1.82) is 0 Å². The van der Waals surface area contributed by atoms with Crippen LogP contribution in [-0.4, -0.2) is 42.5 Å². The summed E-state index contributed by atoms with van der Waals surface area (Å²) in [6.45, 7) is 1.42. The van der Waals surface area contributed by atoms with Gasteiger partial charge >= 0.3 is 0 Å². The van der Waals surface area contributed by atoms with Gasteiger partial charge < -0.3 is 15.0 Å². The fourth-order valence-corrected chi connectivity index (χ4v) is 3.61. The molecule has 0 spiro atoms. The number of ether oxygens (including phenoxy) is 1. The number of nitrogens with zero attached hydrogens (tertiary/aromatic N) is 1. The molecule has 0 bridgehead atoms. The van der Waals surface area contributed by atoms with Crippen molar-refractivity contribution in [3.05, 3.63) is 64.6 Å². The van der Waals surface area contributed by atoms with E-state index in [1.807, 2.05) is 54.6 Å². The lowest BCUT2D eigenvalue weighted by atomic mass is 10.1. The number of carbonyl (C=O) groups excluding carboxylic acids is 2. The minimum Gasteiger partial charge on any atom is -0.492 e. The van der Waals surface area contributed by atoms with E-state index in [9.17, 15) is 9.59 Å². The summed E-state index contributed by atoms with van der Waals surface area (Å²) in [5, 5.41) is 2.89. The second-order valence-electron chi connectivity index (χ2n) is 6.50. The van der Waals surface area contributed by atoms with Crippen LogP contribution in [0.5, 0.6) is 5.75 Å². The SMILES string of the molecule is O=C(NCCOc1cccc(Br)c1)C1CCCN1C(=O)Cc1ccccc1.